The molecule has 6 saturated heterocycles. The smallest absolute Gasteiger partial charge is 0.407 e. The van der Waals surface area contributed by atoms with Gasteiger partial charge in [-0.15, -0.1) is 11.6 Å². The average Bonchev–Trinajstić information content (AvgIpc) is 1.77. The number of unbranched alkanes of at least 4 members (excludes halogenated alkanes) is 5. The number of alkyl carbamates (subject to hydrolysis) is 3. The Kier molecular flexibility index (Phi) is 24.5. The fraction of sp³-hybridized carbons (Fsp3) is 0.714. The molecule has 1 aromatic carbocycles. The minimum atomic E-state index is -2.81. The van der Waals surface area contributed by atoms with E-state index < -0.39 is 214 Å². The van der Waals surface area contributed by atoms with Crippen LogP contribution in [-0.4, -0.2) is 233 Å². The van der Waals surface area contributed by atoms with Crippen LogP contribution in [0.3, 0.4) is 0 Å². The molecular formula is C56H76ClN3O29. The van der Waals surface area contributed by atoms with Gasteiger partial charge in [0.15, 0.2) is 24.4 Å². The second-order valence-electron chi connectivity index (χ2n) is 21.7. The van der Waals surface area contributed by atoms with Crippen molar-refractivity contribution in [2.24, 2.45) is 0 Å². The zero-order valence-electron chi connectivity index (χ0n) is 49.9. The number of fused-ring (bicyclic) bond motifs is 3. The summed E-state index contributed by atoms with van der Waals surface area (Å²) in [4.78, 5) is 133. The first kappa shape index (κ1) is 69.7. The van der Waals surface area contributed by atoms with Crippen molar-refractivity contribution in [2.75, 3.05) is 53.6 Å². The van der Waals surface area contributed by atoms with Crippen molar-refractivity contribution in [1.29, 1.82) is 0 Å². The van der Waals surface area contributed by atoms with Gasteiger partial charge in [-0.25, -0.2) is 28.8 Å². The number of alkyl halides is 1. The van der Waals surface area contributed by atoms with E-state index in [2.05, 4.69) is 22.9 Å². The van der Waals surface area contributed by atoms with Gasteiger partial charge in [0.1, 0.15) is 54.7 Å². The summed E-state index contributed by atoms with van der Waals surface area (Å²) in [6, 6.07) is 4.80. The van der Waals surface area contributed by atoms with E-state index in [4.69, 9.17) is 92.1 Å². The van der Waals surface area contributed by atoms with E-state index >= 15 is 0 Å². The predicted molar refractivity (Wildman–Crippen MR) is 291 cm³/mol. The van der Waals surface area contributed by atoms with Gasteiger partial charge >= 0.3 is 60.1 Å². The molecule has 6 fully saturated rings. The Hall–Kier alpha value is -6.75. The molecule has 89 heavy (non-hydrogen) atoms. The number of methoxy groups -OCH3 is 3. The topological polar surface area (TPSA) is 404 Å². The van der Waals surface area contributed by atoms with Crippen molar-refractivity contribution in [2.45, 2.75) is 201 Å². The number of hydrogen-bond acceptors (Lipinski definition) is 29. The number of carbonyl (C=O) groups is 10. The standard InChI is InChI=1S/C56H76ClN3O29/c1-8-9-10-11-12-16-19-77-54(48(67)73-5)20-34-39(58-51(70)84-34)45(87-54)42(80-28(2)61)32(64)25-78-55(49(68)74-6)21-35-40(59-52(71)85-35)46(88-55)43(81-29(3)62)33(65)26-79-56(50(69)75-7)22-36-41(60-53(72)86-36)47(89-56)44(82-30(4)63)37(83-38(66)23-57)27-76-24-31-17-14-13-15-18-31/h13-15,17-18,32-37,39-47,64-65H,8-12,16,19-27H2,1-7H3,(H,58,70)(H,59,71)(H,60,72)/t32-,33-,34+,35+,36+,37-,39-,40-,41-,42-,43-,44-,45-,46-,47-,54-,55-,56-/m1/s1. The Morgan fingerprint density at radius 2 is 0.955 bits per heavy atom. The van der Waals surface area contributed by atoms with Gasteiger partial charge in [0, 0.05) is 20.8 Å². The van der Waals surface area contributed by atoms with Gasteiger partial charge in [-0.2, -0.15) is 0 Å². The molecule has 0 aromatic heterocycles. The highest BCUT2D eigenvalue weighted by Gasteiger charge is 2.65. The molecule has 18 atom stereocenters. The van der Waals surface area contributed by atoms with E-state index in [1.165, 1.54) is 0 Å². The fourth-order valence-electron chi connectivity index (χ4n) is 11.4. The normalized spacial score (nSPS) is 30.4. The summed E-state index contributed by atoms with van der Waals surface area (Å²) in [5.74, 6) is -16.4. The Bertz CT molecular complexity index is 2680. The first-order chi connectivity index (χ1) is 42.4. The Labute approximate surface area is 515 Å². The minimum Gasteiger partial charge on any atom is -0.465 e. The lowest BCUT2D eigenvalue weighted by atomic mass is 9.88. The van der Waals surface area contributed by atoms with Gasteiger partial charge in [0.2, 0.25) is 0 Å². The number of benzene rings is 1. The number of ether oxygens (including phenoxy) is 17. The van der Waals surface area contributed by atoms with E-state index in [0.29, 0.717) is 12.0 Å². The average molecular weight is 1290 g/mol. The fourth-order valence-corrected chi connectivity index (χ4v) is 11.5. The van der Waals surface area contributed by atoms with Crippen LogP contribution in [0.4, 0.5) is 14.4 Å². The van der Waals surface area contributed by atoms with Crippen LogP contribution in [0.2, 0.25) is 0 Å². The number of esters is 7. The third-order valence-electron chi connectivity index (χ3n) is 15.4. The van der Waals surface area contributed by atoms with E-state index in [0.717, 1.165) is 74.2 Å². The third-order valence-corrected chi connectivity index (χ3v) is 15.6. The summed E-state index contributed by atoms with van der Waals surface area (Å²) in [7, 11) is 2.91. The molecule has 0 aliphatic carbocycles. The largest absolute Gasteiger partial charge is 0.465 e. The van der Waals surface area contributed by atoms with E-state index in [1.54, 1.807) is 30.3 Å². The lowest BCUT2D eigenvalue weighted by Crippen LogP contribution is -2.68. The Morgan fingerprint density at radius 3 is 1.36 bits per heavy atom. The number of nitrogens with one attached hydrogen (secondary N) is 3. The molecule has 0 spiro atoms. The van der Waals surface area contributed by atoms with Gasteiger partial charge in [-0.05, 0) is 12.0 Å². The highest BCUT2D eigenvalue weighted by molar-refractivity contribution is 6.26. The monoisotopic (exact) mass is 1290 g/mol. The number of carbonyl (C=O) groups excluding carboxylic acids is 10. The summed E-state index contributed by atoms with van der Waals surface area (Å²) in [6.45, 7) is 2.17. The molecule has 0 unspecified atom stereocenters. The van der Waals surface area contributed by atoms with Crippen LogP contribution < -0.4 is 16.0 Å². The molecule has 0 radical (unpaired) electrons. The number of rotatable bonds is 32. The quantitative estimate of drug-likeness (QED) is 0.0287. The van der Waals surface area contributed by atoms with Gasteiger partial charge in [0.05, 0.1) is 91.8 Å². The maximum atomic E-state index is 14.2. The Morgan fingerprint density at radius 1 is 0.562 bits per heavy atom. The van der Waals surface area contributed by atoms with Crippen LogP contribution in [0.15, 0.2) is 30.3 Å². The maximum absolute atomic E-state index is 14.2. The van der Waals surface area contributed by atoms with E-state index in [-0.39, 0.29) is 13.2 Å². The zero-order chi connectivity index (χ0) is 64.8. The molecule has 6 aliphatic rings. The maximum Gasteiger partial charge on any atom is 0.407 e. The minimum absolute atomic E-state index is 0.0375. The van der Waals surface area contributed by atoms with Crippen LogP contribution in [0, 0.1) is 0 Å². The molecule has 1 aromatic rings. The second kappa shape index (κ2) is 31.3. The first-order valence-electron chi connectivity index (χ1n) is 28.8. The summed E-state index contributed by atoms with van der Waals surface area (Å²) >= 11 is 5.85. The van der Waals surface area contributed by atoms with Crippen LogP contribution in [-0.2, 0) is 121 Å². The van der Waals surface area contributed by atoms with Crippen molar-refractivity contribution in [1.82, 2.24) is 16.0 Å². The molecule has 5 N–H and O–H groups in total. The van der Waals surface area contributed by atoms with Gasteiger partial charge < -0.3 is 107 Å². The molecule has 3 amide bonds. The Balaban J connectivity index is 1.18. The summed E-state index contributed by atoms with van der Waals surface area (Å²) < 4.78 is 97.9. The molecule has 6 aliphatic heterocycles. The predicted octanol–water partition coefficient (Wildman–Crippen LogP) is 0.687. The number of amides is 3. The van der Waals surface area contributed by atoms with Gasteiger partial charge in [-0.1, -0.05) is 69.4 Å². The van der Waals surface area contributed by atoms with E-state index in [1.807, 2.05) is 0 Å². The molecule has 6 heterocycles. The SMILES string of the molecule is CCCCCCCCO[C@]1(C(=O)OC)C[C@@H]2OC(=O)N[C@H]2[C@H]([C@H](OC(C)=O)[C@H](O)CO[C@]2(C(=O)OC)C[C@@H]3OC(=O)N[C@H]3[C@H]([C@H](OC(C)=O)[C@H](O)CO[C@]3(C(=O)OC)C[C@@H]4OC(=O)N[C@H]4[C@H]([C@H](OC(C)=O)[C@@H](COCc4ccccc4)OC(=O)CCl)O3)O2)O1. The van der Waals surface area contributed by atoms with E-state index in [9.17, 15) is 58.2 Å². The molecule has 496 valence electrons. The molecule has 32 nitrogen and oxygen atoms in total. The lowest BCUT2D eigenvalue weighted by Gasteiger charge is -2.47. The van der Waals surface area contributed by atoms with Crippen molar-refractivity contribution in [3.05, 3.63) is 35.9 Å². The van der Waals surface area contributed by atoms with Crippen LogP contribution in [0.1, 0.15) is 91.0 Å². The summed E-state index contributed by atoms with van der Waals surface area (Å²) in [6.07, 6.45) is -21.0. The highest BCUT2D eigenvalue weighted by Crippen LogP contribution is 2.43. The highest BCUT2D eigenvalue weighted by atomic mass is 35.5. The van der Waals surface area contributed by atoms with Crippen molar-refractivity contribution in [3.63, 3.8) is 0 Å². The van der Waals surface area contributed by atoms with Crippen LogP contribution in [0.25, 0.3) is 0 Å². The summed E-state index contributed by atoms with van der Waals surface area (Å²) in [5, 5.41) is 32.0. The second-order valence-corrected chi connectivity index (χ2v) is 22.0. The summed E-state index contributed by atoms with van der Waals surface area (Å²) in [5.41, 5.74) is 0.689. The molecule has 0 saturated carbocycles. The number of halogens is 1. The molecular weight excluding hydrogens is 1210 g/mol. The number of aliphatic hydroxyl groups excluding tert-OH is 2. The van der Waals surface area contributed by atoms with Gasteiger partial charge in [-0.3, -0.25) is 19.2 Å². The van der Waals surface area contributed by atoms with Crippen molar-refractivity contribution >= 4 is 71.7 Å². The lowest BCUT2D eigenvalue weighted by molar-refractivity contribution is -0.328. The van der Waals surface area contributed by atoms with Crippen molar-refractivity contribution in [3.8, 4) is 0 Å². The molecule has 7 rings (SSSR count). The number of hydrogen-bond donors (Lipinski definition) is 5. The van der Waals surface area contributed by atoms with Crippen LogP contribution in [0.5, 0.6) is 0 Å². The molecule has 33 heteroatoms. The van der Waals surface area contributed by atoms with Crippen LogP contribution >= 0.6 is 11.6 Å². The number of aliphatic hydroxyl groups is 2. The first-order valence-corrected chi connectivity index (χ1v) is 29.4. The van der Waals surface area contributed by atoms with Crippen molar-refractivity contribution < 1.29 is 139 Å². The third kappa shape index (κ3) is 17.0. The zero-order valence-corrected chi connectivity index (χ0v) is 50.7. The molecule has 0 bridgehead atoms. The van der Waals surface area contributed by atoms with Gasteiger partial charge in [0.25, 0.3) is 17.4 Å².